The highest BCUT2D eigenvalue weighted by molar-refractivity contribution is 7.91. The maximum Gasteiger partial charge on any atom is 0.255 e. The van der Waals surface area contributed by atoms with Crippen molar-refractivity contribution in [3.63, 3.8) is 0 Å². The summed E-state index contributed by atoms with van der Waals surface area (Å²) in [7, 11) is -3.93. The first-order valence-electron chi connectivity index (χ1n) is 8.09. The van der Waals surface area contributed by atoms with Crippen LogP contribution in [-0.2, 0) is 9.84 Å². The Morgan fingerprint density at radius 1 is 0.821 bits per heavy atom. The molecule has 0 unspecified atom stereocenters. The second kappa shape index (κ2) is 6.74. The molecule has 1 N–H and O–H groups in total. The Morgan fingerprint density at radius 3 is 2.18 bits per heavy atom. The van der Waals surface area contributed by atoms with E-state index in [1.54, 1.807) is 30.3 Å². The molecule has 4 rings (SSSR count). The van der Waals surface area contributed by atoms with Gasteiger partial charge in [0.15, 0.2) is 5.78 Å². The summed E-state index contributed by atoms with van der Waals surface area (Å²) in [6.07, 6.45) is 0. The number of ketones is 1. The summed E-state index contributed by atoms with van der Waals surface area (Å²) < 4.78 is 25.9. The van der Waals surface area contributed by atoms with Gasteiger partial charge >= 0.3 is 0 Å². The Kier molecular flexibility index (Phi) is 4.50. The van der Waals surface area contributed by atoms with E-state index in [9.17, 15) is 18.0 Å². The van der Waals surface area contributed by atoms with Gasteiger partial charge in [-0.1, -0.05) is 41.4 Å². The minimum absolute atomic E-state index is 0.0334. The first kappa shape index (κ1) is 18.7. The number of hydrogen-bond donors (Lipinski definition) is 1. The van der Waals surface area contributed by atoms with Crippen LogP contribution in [0.5, 0.6) is 0 Å². The number of amides is 1. The van der Waals surface area contributed by atoms with Crippen LogP contribution in [0.2, 0.25) is 10.0 Å². The van der Waals surface area contributed by atoms with Gasteiger partial charge in [0.05, 0.1) is 25.5 Å². The predicted molar refractivity (Wildman–Crippen MR) is 106 cm³/mol. The number of carbonyl (C=O) groups excluding carboxylic acids is 2. The van der Waals surface area contributed by atoms with Crippen molar-refractivity contribution in [1.29, 1.82) is 0 Å². The average molecular weight is 432 g/mol. The standard InChI is InChI=1S/C20H11Cl2NO4S/c21-14-5-3-6-15(22)18(14)23-20(25)11-8-9-13-17(10-11)28(26,27)16-7-2-1-4-12(16)19(13)24/h1-10H,(H,23,25). The SMILES string of the molecule is O=C(Nc1c(Cl)cccc1Cl)c1ccc2c(c1)S(=O)(=O)c1ccccc1C2=O. The van der Waals surface area contributed by atoms with Gasteiger partial charge in [0.2, 0.25) is 9.84 Å². The molecule has 3 aromatic carbocycles. The molecule has 0 saturated carbocycles. The van der Waals surface area contributed by atoms with Crippen molar-refractivity contribution in [3.8, 4) is 0 Å². The number of benzene rings is 3. The Hall–Kier alpha value is -2.67. The van der Waals surface area contributed by atoms with Crippen LogP contribution < -0.4 is 5.32 Å². The Bertz CT molecular complexity index is 1250. The third-order valence-electron chi connectivity index (χ3n) is 4.40. The smallest absolute Gasteiger partial charge is 0.255 e. The molecule has 1 aliphatic heterocycles. The fraction of sp³-hybridized carbons (Fsp3) is 0. The van der Waals surface area contributed by atoms with Crippen LogP contribution in [-0.4, -0.2) is 20.1 Å². The van der Waals surface area contributed by atoms with E-state index in [4.69, 9.17) is 23.2 Å². The van der Waals surface area contributed by atoms with Crippen molar-refractivity contribution >= 4 is 50.4 Å². The number of para-hydroxylation sites is 1. The molecule has 0 aromatic heterocycles. The highest BCUT2D eigenvalue weighted by atomic mass is 35.5. The second-order valence-corrected chi connectivity index (χ2v) is 8.79. The zero-order valence-electron chi connectivity index (χ0n) is 14.1. The number of rotatable bonds is 2. The van der Waals surface area contributed by atoms with E-state index >= 15 is 0 Å². The van der Waals surface area contributed by atoms with Crippen molar-refractivity contribution in [2.24, 2.45) is 0 Å². The van der Waals surface area contributed by atoms with Crippen LogP contribution in [0.3, 0.4) is 0 Å². The largest absolute Gasteiger partial charge is 0.319 e. The number of anilines is 1. The molecule has 0 radical (unpaired) electrons. The molecule has 0 saturated heterocycles. The zero-order chi connectivity index (χ0) is 20.1. The topological polar surface area (TPSA) is 80.3 Å². The lowest BCUT2D eigenvalue weighted by Crippen LogP contribution is -2.21. The van der Waals surface area contributed by atoms with Gasteiger partial charge in [0.25, 0.3) is 5.91 Å². The summed E-state index contributed by atoms with van der Waals surface area (Å²) >= 11 is 12.1. The van der Waals surface area contributed by atoms with Gasteiger partial charge < -0.3 is 5.32 Å². The summed E-state index contributed by atoms with van der Waals surface area (Å²) in [4.78, 5) is 25.0. The summed E-state index contributed by atoms with van der Waals surface area (Å²) in [6.45, 7) is 0. The lowest BCUT2D eigenvalue weighted by Gasteiger charge is -2.19. The molecule has 1 heterocycles. The molecule has 3 aromatic rings. The quantitative estimate of drug-likeness (QED) is 0.501. The minimum atomic E-state index is -3.93. The van der Waals surface area contributed by atoms with Crippen molar-refractivity contribution in [1.82, 2.24) is 0 Å². The summed E-state index contributed by atoms with van der Waals surface area (Å²) in [5.74, 6) is -0.999. The molecule has 0 aliphatic carbocycles. The lowest BCUT2D eigenvalue weighted by molar-refractivity contribution is 0.101. The normalized spacial score (nSPS) is 14.1. The van der Waals surface area contributed by atoms with Gasteiger partial charge in [0, 0.05) is 16.7 Å². The van der Waals surface area contributed by atoms with Gasteiger partial charge in [-0.15, -0.1) is 0 Å². The molecule has 0 spiro atoms. The second-order valence-electron chi connectivity index (χ2n) is 6.09. The van der Waals surface area contributed by atoms with E-state index in [0.717, 1.165) is 0 Å². The molecule has 0 atom stereocenters. The van der Waals surface area contributed by atoms with E-state index in [2.05, 4.69) is 5.32 Å². The monoisotopic (exact) mass is 431 g/mol. The molecular weight excluding hydrogens is 421 g/mol. The fourth-order valence-corrected chi connectivity index (χ4v) is 5.20. The number of halogens is 2. The van der Waals surface area contributed by atoms with Crippen molar-refractivity contribution < 1.29 is 18.0 Å². The minimum Gasteiger partial charge on any atom is -0.319 e. The molecule has 1 amide bonds. The first-order valence-corrected chi connectivity index (χ1v) is 10.3. The third kappa shape index (κ3) is 2.90. The highest BCUT2D eigenvalue weighted by Crippen LogP contribution is 2.35. The van der Waals surface area contributed by atoms with Crippen LogP contribution >= 0.6 is 23.2 Å². The van der Waals surface area contributed by atoms with Crippen LogP contribution in [0.1, 0.15) is 26.3 Å². The van der Waals surface area contributed by atoms with Gasteiger partial charge in [-0.25, -0.2) is 8.42 Å². The first-order chi connectivity index (χ1) is 13.3. The van der Waals surface area contributed by atoms with E-state index < -0.39 is 21.5 Å². The number of carbonyl (C=O) groups is 2. The van der Waals surface area contributed by atoms with E-state index in [0.29, 0.717) is 0 Å². The molecular formula is C20H11Cl2NO4S. The van der Waals surface area contributed by atoms with Crippen LogP contribution in [0.4, 0.5) is 5.69 Å². The van der Waals surface area contributed by atoms with Gasteiger partial charge in [-0.05, 0) is 42.5 Å². The number of fused-ring (bicyclic) bond motifs is 2. The van der Waals surface area contributed by atoms with Crippen LogP contribution in [0.25, 0.3) is 0 Å². The summed E-state index contributed by atoms with van der Waals surface area (Å²) in [5, 5.41) is 3.07. The maximum absolute atomic E-state index is 13.0. The van der Waals surface area contributed by atoms with Crippen LogP contribution in [0.15, 0.2) is 70.5 Å². The summed E-state index contributed by atoms with van der Waals surface area (Å²) in [6, 6.07) is 14.7. The van der Waals surface area contributed by atoms with E-state index in [1.165, 1.54) is 30.3 Å². The van der Waals surface area contributed by atoms with Crippen molar-refractivity contribution in [2.75, 3.05) is 5.32 Å². The number of sulfone groups is 1. The van der Waals surface area contributed by atoms with Gasteiger partial charge in [-0.3, -0.25) is 9.59 Å². The molecule has 0 fully saturated rings. The zero-order valence-corrected chi connectivity index (χ0v) is 16.4. The Labute approximate surface area is 170 Å². The third-order valence-corrected chi connectivity index (χ3v) is 6.88. The molecule has 0 bridgehead atoms. The van der Waals surface area contributed by atoms with Crippen LogP contribution in [0, 0.1) is 0 Å². The van der Waals surface area contributed by atoms with Crippen molar-refractivity contribution in [3.05, 3.63) is 87.4 Å². The molecule has 8 heteroatoms. The molecule has 5 nitrogen and oxygen atoms in total. The van der Waals surface area contributed by atoms with Gasteiger partial charge in [0.1, 0.15) is 0 Å². The van der Waals surface area contributed by atoms with E-state index in [-0.39, 0.29) is 42.2 Å². The lowest BCUT2D eigenvalue weighted by atomic mass is 10.0. The summed E-state index contributed by atoms with van der Waals surface area (Å²) in [5.41, 5.74) is 0.435. The molecule has 140 valence electrons. The number of hydrogen-bond acceptors (Lipinski definition) is 4. The fourth-order valence-electron chi connectivity index (χ4n) is 3.03. The predicted octanol–water partition coefficient (Wildman–Crippen LogP) is 4.62. The average Bonchev–Trinajstić information content (AvgIpc) is 2.69. The Morgan fingerprint density at radius 2 is 1.46 bits per heavy atom. The Balaban J connectivity index is 1.78. The molecule has 1 aliphatic rings. The molecule has 28 heavy (non-hydrogen) atoms. The van der Waals surface area contributed by atoms with E-state index in [1.807, 2.05) is 0 Å². The van der Waals surface area contributed by atoms with Crippen molar-refractivity contribution in [2.45, 2.75) is 9.79 Å². The van der Waals surface area contributed by atoms with Gasteiger partial charge in [-0.2, -0.15) is 0 Å². The highest BCUT2D eigenvalue weighted by Gasteiger charge is 2.35. The number of nitrogens with one attached hydrogen (secondary N) is 1. The maximum atomic E-state index is 13.0.